The Morgan fingerprint density at radius 1 is 1.05 bits per heavy atom. The molecule has 104 valence electrons. The fourth-order valence-electron chi connectivity index (χ4n) is 2.35. The SMILES string of the molecule is CO/C=C/c1c(-c2ccc3ccccc3c2)ccnc1Cl. The Morgan fingerprint density at radius 2 is 1.86 bits per heavy atom. The minimum Gasteiger partial charge on any atom is -0.504 e. The summed E-state index contributed by atoms with van der Waals surface area (Å²) in [4.78, 5) is 4.14. The summed E-state index contributed by atoms with van der Waals surface area (Å²) in [7, 11) is 1.61. The summed E-state index contributed by atoms with van der Waals surface area (Å²) in [5, 5.41) is 2.88. The van der Waals surface area contributed by atoms with Crippen molar-refractivity contribution < 1.29 is 4.74 Å². The van der Waals surface area contributed by atoms with Gasteiger partial charge in [-0.05, 0) is 40.1 Å². The molecule has 0 N–H and O–H groups in total. The van der Waals surface area contributed by atoms with Gasteiger partial charge in [0.1, 0.15) is 5.15 Å². The molecule has 3 aromatic rings. The highest BCUT2D eigenvalue weighted by molar-refractivity contribution is 6.31. The summed E-state index contributed by atoms with van der Waals surface area (Å²) in [5.41, 5.74) is 3.00. The molecule has 1 aromatic heterocycles. The second kappa shape index (κ2) is 5.98. The average molecular weight is 296 g/mol. The van der Waals surface area contributed by atoms with Gasteiger partial charge in [-0.15, -0.1) is 0 Å². The van der Waals surface area contributed by atoms with Crippen molar-refractivity contribution in [1.29, 1.82) is 0 Å². The number of halogens is 1. The van der Waals surface area contributed by atoms with Crippen molar-refractivity contribution in [3.05, 3.63) is 71.7 Å². The van der Waals surface area contributed by atoms with Crippen LogP contribution in [0.15, 0.2) is 61.0 Å². The number of hydrogen-bond donors (Lipinski definition) is 0. The van der Waals surface area contributed by atoms with Crippen LogP contribution in [0.2, 0.25) is 5.15 Å². The van der Waals surface area contributed by atoms with Crippen LogP contribution in [0.4, 0.5) is 0 Å². The molecule has 3 heteroatoms. The third kappa shape index (κ3) is 2.76. The average Bonchev–Trinajstić information content (AvgIpc) is 2.53. The van der Waals surface area contributed by atoms with Crippen LogP contribution in [0.1, 0.15) is 5.56 Å². The molecule has 0 saturated heterocycles. The summed E-state index contributed by atoms with van der Waals surface area (Å²) in [6.07, 6.45) is 5.16. The molecule has 0 amide bonds. The zero-order valence-corrected chi connectivity index (χ0v) is 12.3. The normalized spacial score (nSPS) is 11.1. The monoisotopic (exact) mass is 295 g/mol. The molecule has 0 atom stereocenters. The highest BCUT2D eigenvalue weighted by Gasteiger charge is 2.08. The maximum atomic E-state index is 6.22. The van der Waals surface area contributed by atoms with E-state index in [4.69, 9.17) is 16.3 Å². The third-order valence-corrected chi connectivity index (χ3v) is 3.67. The van der Waals surface area contributed by atoms with E-state index in [0.717, 1.165) is 16.7 Å². The van der Waals surface area contributed by atoms with Gasteiger partial charge >= 0.3 is 0 Å². The van der Waals surface area contributed by atoms with Crippen molar-refractivity contribution in [2.45, 2.75) is 0 Å². The number of nitrogens with zero attached hydrogens (tertiary/aromatic N) is 1. The van der Waals surface area contributed by atoms with Gasteiger partial charge in [-0.1, -0.05) is 48.0 Å². The first-order valence-corrected chi connectivity index (χ1v) is 7.00. The third-order valence-electron chi connectivity index (χ3n) is 3.37. The second-order valence-corrected chi connectivity index (χ2v) is 5.02. The Balaban J connectivity index is 2.18. The maximum Gasteiger partial charge on any atom is 0.136 e. The summed E-state index contributed by atoms with van der Waals surface area (Å²) in [5.74, 6) is 0. The lowest BCUT2D eigenvalue weighted by atomic mass is 9.98. The largest absolute Gasteiger partial charge is 0.504 e. The highest BCUT2D eigenvalue weighted by Crippen LogP contribution is 2.31. The number of rotatable bonds is 3. The van der Waals surface area contributed by atoms with Gasteiger partial charge < -0.3 is 4.74 Å². The van der Waals surface area contributed by atoms with Gasteiger partial charge in [-0.25, -0.2) is 4.98 Å². The number of hydrogen-bond acceptors (Lipinski definition) is 2. The van der Waals surface area contributed by atoms with Gasteiger partial charge in [0, 0.05) is 11.8 Å². The molecule has 3 rings (SSSR count). The van der Waals surface area contributed by atoms with Gasteiger partial charge in [-0.3, -0.25) is 0 Å². The summed E-state index contributed by atoms with van der Waals surface area (Å²) < 4.78 is 4.99. The minimum atomic E-state index is 0.467. The predicted octanol–water partition coefficient (Wildman–Crippen LogP) is 5.17. The van der Waals surface area contributed by atoms with Gasteiger partial charge in [0.25, 0.3) is 0 Å². The molecule has 0 radical (unpaired) electrons. The van der Waals surface area contributed by atoms with E-state index in [9.17, 15) is 0 Å². The Kier molecular flexibility index (Phi) is 3.89. The Labute approximate surface area is 128 Å². The van der Waals surface area contributed by atoms with E-state index in [1.165, 1.54) is 10.8 Å². The smallest absolute Gasteiger partial charge is 0.136 e. The van der Waals surface area contributed by atoms with E-state index in [2.05, 4.69) is 35.3 Å². The standard InChI is InChI=1S/C18H14ClNO/c1-21-11-9-17-16(8-10-20-18(17)19)15-7-6-13-4-2-3-5-14(13)12-15/h2-12H,1H3/b11-9+. The quantitative estimate of drug-likeness (QED) is 0.491. The molecular formula is C18H14ClNO. The van der Waals surface area contributed by atoms with Gasteiger partial charge in [-0.2, -0.15) is 0 Å². The van der Waals surface area contributed by atoms with E-state index >= 15 is 0 Å². The van der Waals surface area contributed by atoms with Gasteiger partial charge in [0.05, 0.1) is 13.4 Å². The molecule has 21 heavy (non-hydrogen) atoms. The van der Waals surface area contributed by atoms with Crippen LogP contribution in [0.25, 0.3) is 28.0 Å². The Morgan fingerprint density at radius 3 is 2.67 bits per heavy atom. The lowest BCUT2D eigenvalue weighted by Crippen LogP contribution is -1.88. The van der Waals surface area contributed by atoms with Crippen LogP contribution in [0.3, 0.4) is 0 Å². The Hall–Kier alpha value is -2.32. The summed E-state index contributed by atoms with van der Waals surface area (Å²) in [6.45, 7) is 0. The van der Waals surface area contributed by atoms with Crippen LogP contribution in [0.5, 0.6) is 0 Å². The van der Waals surface area contributed by atoms with E-state index < -0.39 is 0 Å². The minimum absolute atomic E-state index is 0.467. The van der Waals surface area contributed by atoms with Crippen LogP contribution >= 0.6 is 11.6 Å². The fraction of sp³-hybridized carbons (Fsp3) is 0.0556. The van der Waals surface area contributed by atoms with Crippen molar-refractivity contribution in [3.8, 4) is 11.1 Å². The summed E-state index contributed by atoms with van der Waals surface area (Å²) >= 11 is 6.22. The van der Waals surface area contributed by atoms with E-state index in [-0.39, 0.29) is 0 Å². The molecular weight excluding hydrogens is 282 g/mol. The zero-order chi connectivity index (χ0) is 14.7. The van der Waals surface area contributed by atoms with Gasteiger partial charge in [0.2, 0.25) is 0 Å². The lowest BCUT2D eigenvalue weighted by Gasteiger charge is -2.09. The number of ether oxygens (including phenoxy) is 1. The molecule has 2 nitrogen and oxygen atoms in total. The van der Waals surface area contributed by atoms with Crippen LogP contribution < -0.4 is 0 Å². The highest BCUT2D eigenvalue weighted by atomic mass is 35.5. The number of fused-ring (bicyclic) bond motifs is 1. The molecule has 0 aliphatic carbocycles. The van der Waals surface area contributed by atoms with E-state index in [1.54, 1.807) is 19.6 Å². The van der Waals surface area contributed by atoms with E-state index in [1.807, 2.05) is 24.3 Å². The molecule has 0 spiro atoms. The first-order chi connectivity index (χ1) is 10.3. The topological polar surface area (TPSA) is 22.1 Å². The lowest BCUT2D eigenvalue weighted by molar-refractivity contribution is 0.341. The van der Waals surface area contributed by atoms with Gasteiger partial charge in [0.15, 0.2) is 0 Å². The number of pyridine rings is 1. The number of benzene rings is 2. The van der Waals surface area contributed by atoms with Crippen molar-refractivity contribution in [1.82, 2.24) is 4.98 Å². The maximum absolute atomic E-state index is 6.22. The molecule has 0 fully saturated rings. The molecule has 0 unspecified atom stereocenters. The molecule has 0 aliphatic heterocycles. The first-order valence-electron chi connectivity index (χ1n) is 6.62. The van der Waals surface area contributed by atoms with Crippen molar-refractivity contribution in [3.63, 3.8) is 0 Å². The summed E-state index contributed by atoms with van der Waals surface area (Å²) in [6, 6.07) is 16.6. The molecule has 0 saturated carbocycles. The second-order valence-electron chi connectivity index (χ2n) is 4.66. The Bertz CT molecular complexity index is 811. The van der Waals surface area contributed by atoms with Crippen molar-refractivity contribution in [2.24, 2.45) is 0 Å². The van der Waals surface area contributed by atoms with E-state index in [0.29, 0.717) is 5.15 Å². The number of methoxy groups -OCH3 is 1. The first kappa shape index (κ1) is 13.7. The molecule has 2 aromatic carbocycles. The van der Waals surface area contributed by atoms with Crippen LogP contribution in [-0.2, 0) is 4.74 Å². The fourth-order valence-corrected chi connectivity index (χ4v) is 2.57. The predicted molar refractivity (Wildman–Crippen MR) is 88.2 cm³/mol. The van der Waals surface area contributed by atoms with Crippen LogP contribution in [-0.4, -0.2) is 12.1 Å². The zero-order valence-electron chi connectivity index (χ0n) is 11.6. The molecule has 0 aliphatic rings. The molecule has 1 heterocycles. The van der Waals surface area contributed by atoms with Crippen molar-refractivity contribution >= 4 is 28.4 Å². The van der Waals surface area contributed by atoms with Crippen LogP contribution in [0, 0.1) is 0 Å². The number of aromatic nitrogens is 1. The van der Waals surface area contributed by atoms with Crippen molar-refractivity contribution in [2.75, 3.05) is 7.11 Å². The molecule has 0 bridgehead atoms.